The molecule has 0 aliphatic carbocycles. The number of aliphatic hydroxyl groups excluding tert-OH is 10. The summed E-state index contributed by atoms with van der Waals surface area (Å²) < 4.78 is 1.20. The van der Waals surface area contributed by atoms with Gasteiger partial charge in [0.1, 0.15) is 0 Å². The number of benzene rings is 2. The third-order valence-electron chi connectivity index (χ3n) is 9.74. The van der Waals surface area contributed by atoms with Crippen molar-refractivity contribution in [2.75, 3.05) is 75.5 Å². The second-order valence-electron chi connectivity index (χ2n) is 15.1. The lowest BCUT2D eigenvalue weighted by Gasteiger charge is -2.29. The zero-order chi connectivity index (χ0) is 51.7. The molecule has 2 aromatic carbocycles. The van der Waals surface area contributed by atoms with Crippen molar-refractivity contribution >= 4 is 182 Å². The molecule has 0 bridgehead atoms. The summed E-state index contributed by atoms with van der Waals surface area (Å²) in [6, 6.07) is 0. The molecule has 0 heterocycles. The van der Waals surface area contributed by atoms with Crippen molar-refractivity contribution in [3.8, 4) is 0 Å². The first-order valence-corrected chi connectivity index (χ1v) is 27.0. The number of anilines is 2. The van der Waals surface area contributed by atoms with Crippen LogP contribution in [0.4, 0.5) is 11.4 Å². The van der Waals surface area contributed by atoms with Gasteiger partial charge in [-0.15, -0.1) is 0 Å². The highest BCUT2D eigenvalue weighted by molar-refractivity contribution is 14.1. The first-order valence-electron chi connectivity index (χ1n) is 20.5. The molecule has 382 valence electrons. The lowest BCUT2D eigenvalue weighted by atomic mass is 10.0. The van der Waals surface area contributed by atoms with E-state index in [9.17, 15) is 79.8 Å². The molecule has 2 rings (SSSR count). The van der Waals surface area contributed by atoms with Crippen molar-refractivity contribution < 1.29 is 79.8 Å². The summed E-state index contributed by atoms with van der Waals surface area (Å²) in [6.45, 7) is -2.07. The van der Waals surface area contributed by atoms with E-state index in [0.29, 0.717) is 12.8 Å². The molecular formula is C40H54I6N6O16. The molecule has 0 aliphatic rings. The van der Waals surface area contributed by atoms with Gasteiger partial charge in [0.25, 0.3) is 23.6 Å². The van der Waals surface area contributed by atoms with Crippen LogP contribution in [-0.2, 0) is 9.59 Å². The van der Waals surface area contributed by atoms with Gasteiger partial charge in [0, 0.05) is 47.2 Å². The van der Waals surface area contributed by atoms with Crippen LogP contribution in [0, 0.1) is 21.4 Å². The second kappa shape index (κ2) is 31.1. The molecule has 14 N–H and O–H groups in total. The first-order chi connectivity index (χ1) is 31.9. The SMILES string of the molecule is CC(=O)N(CC(O)CCCCC(O)CN(C(C)=O)c1c(I)c(C(=O)NCC(O)CO)c(I)c(C(=O)NCC(O)CO)c1I)c1c(I)c(C(=O)NCC(O)CO)c(I)c(C(=O)NCC(O)CO)c1I. The van der Waals surface area contributed by atoms with Gasteiger partial charge in [-0.2, -0.15) is 0 Å². The Kier molecular flexibility index (Phi) is 29.0. The number of hydrogen-bond acceptors (Lipinski definition) is 16. The molecule has 0 spiro atoms. The molecule has 28 heteroatoms. The molecule has 0 saturated heterocycles. The molecule has 0 fully saturated rings. The largest absolute Gasteiger partial charge is 0.394 e. The van der Waals surface area contributed by atoms with Gasteiger partial charge in [-0.1, -0.05) is 12.8 Å². The number of aliphatic hydroxyl groups is 10. The van der Waals surface area contributed by atoms with Crippen molar-refractivity contribution in [1.82, 2.24) is 21.3 Å². The van der Waals surface area contributed by atoms with Gasteiger partial charge < -0.3 is 82.1 Å². The third-order valence-corrected chi connectivity index (χ3v) is 16.1. The van der Waals surface area contributed by atoms with Crippen LogP contribution in [0.25, 0.3) is 0 Å². The van der Waals surface area contributed by atoms with Gasteiger partial charge in [-0.25, -0.2) is 0 Å². The van der Waals surface area contributed by atoms with Gasteiger partial charge in [-0.3, -0.25) is 28.8 Å². The lowest BCUT2D eigenvalue weighted by molar-refractivity contribution is -0.117. The Balaban J connectivity index is 2.42. The molecule has 0 aliphatic heterocycles. The van der Waals surface area contributed by atoms with Crippen LogP contribution in [0.1, 0.15) is 81.0 Å². The van der Waals surface area contributed by atoms with Crippen molar-refractivity contribution in [2.45, 2.75) is 76.2 Å². The van der Waals surface area contributed by atoms with E-state index in [1.54, 1.807) is 45.2 Å². The molecule has 2 aromatic rings. The number of carbonyl (C=O) groups excluding carboxylic acids is 6. The number of carbonyl (C=O) groups is 6. The summed E-state index contributed by atoms with van der Waals surface area (Å²) in [5, 5.41) is 109. The summed E-state index contributed by atoms with van der Waals surface area (Å²) in [5.74, 6) is -4.09. The van der Waals surface area contributed by atoms with Gasteiger partial charge in [0.15, 0.2) is 0 Å². The summed E-state index contributed by atoms with van der Waals surface area (Å²) in [7, 11) is 0. The van der Waals surface area contributed by atoms with E-state index in [-0.39, 0.29) is 107 Å². The van der Waals surface area contributed by atoms with E-state index in [4.69, 9.17) is 0 Å². The van der Waals surface area contributed by atoms with Crippen LogP contribution >= 0.6 is 136 Å². The molecule has 6 atom stereocenters. The number of amides is 6. The quantitative estimate of drug-likeness (QED) is 0.0390. The number of halogens is 6. The molecule has 6 amide bonds. The fraction of sp³-hybridized carbons (Fsp3) is 0.550. The molecule has 0 radical (unpaired) electrons. The Labute approximate surface area is 473 Å². The maximum atomic E-state index is 13.5. The maximum Gasteiger partial charge on any atom is 0.253 e. The van der Waals surface area contributed by atoms with Crippen LogP contribution in [0.15, 0.2) is 0 Å². The van der Waals surface area contributed by atoms with Crippen LogP contribution in [0.5, 0.6) is 0 Å². The zero-order valence-corrected chi connectivity index (χ0v) is 49.4. The summed E-state index contributed by atoms with van der Waals surface area (Å²) in [6.07, 6.45) is -6.70. The minimum atomic E-state index is -1.29. The molecule has 22 nitrogen and oxygen atoms in total. The Morgan fingerprint density at radius 2 is 0.632 bits per heavy atom. The molecule has 0 saturated carbocycles. The first kappa shape index (κ1) is 63.4. The number of nitrogens with zero attached hydrogens (tertiary/aromatic N) is 2. The normalized spacial score (nSPS) is 14.0. The van der Waals surface area contributed by atoms with Gasteiger partial charge in [0.2, 0.25) is 11.8 Å². The average Bonchev–Trinajstić information content (AvgIpc) is 3.28. The highest BCUT2D eigenvalue weighted by atomic mass is 127. The van der Waals surface area contributed by atoms with E-state index >= 15 is 0 Å². The molecule has 6 unspecified atom stereocenters. The maximum absolute atomic E-state index is 13.5. The summed E-state index contributed by atoms with van der Waals surface area (Å²) in [4.78, 5) is 83.2. The standard InChI is InChI=1S/C40H54I6N6O16/c1-17(57)51(35-31(43)25(37(65)47-7-21(61)13-53)29(41)26(32(35)44)38(66)48-8-22(62)14-54)11-19(59)5-3-4-6-20(60)12-52(18(2)58)36-33(45)27(39(67)49-9-23(63)15-55)30(42)28(34(36)46)40(68)50-10-24(64)16-56/h19-24,53-56,59-64H,3-16H2,1-2H3,(H,47,65)(H,48,66)(H,49,67)(H,50,68). The number of rotatable bonds is 27. The van der Waals surface area contributed by atoms with E-state index in [2.05, 4.69) is 21.3 Å². The summed E-state index contributed by atoms with van der Waals surface area (Å²) in [5.41, 5.74) is 0.0590. The predicted octanol–water partition coefficient (Wildman–Crippen LogP) is -0.666. The van der Waals surface area contributed by atoms with Gasteiger partial charge >= 0.3 is 0 Å². The predicted molar refractivity (Wildman–Crippen MR) is 297 cm³/mol. The van der Waals surface area contributed by atoms with E-state index < -0.39 is 98.5 Å². The summed E-state index contributed by atoms with van der Waals surface area (Å²) >= 11 is 11.0. The van der Waals surface area contributed by atoms with Crippen molar-refractivity contribution in [2.24, 2.45) is 0 Å². The van der Waals surface area contributed by atoms with E-state index in [1.807, 2.05) is 90.4 Å². The van der Waals surface area contributed by atoms with Crippen LogP contribution in [0.2, 0.25) is 0 Å². The Bertz CT molecular complexity index is 1870. The number of unbranched alkanes of at least 4 members (excludes halogenated alkanes) is 1. The van der Waals surface area contributed by atoms with E-state index in [0.717, 1.165) is 0 Å². The smallest absolute Gasteiger partial charge is 0.253 e. The lowest BCUT2D eigenvalue weighted by Crippen LogP contribution is -2.40. The van der Waals surface area contributed by atoms with Crippen LogP contribution < -0.4 is 31.1 Å². The average molecular weight is 1640 g/mol. The molecule has 0 aromatic heterocycles. The zero-order valence-electron chi connectivity index (χ0n) is 36.4. The van der Waals surface area contributed by atoms with Gasteiger partial charge in [0.05, 0.1) is 124 Å². The molecular weight excluding hydrogens is 1580 g/mol. The molecule has 68 heavy (non-hydrogen) atoms. The van der Waals surface area contributed by atoms with Crippen LogP contribution in [0.3, 0.4) is 0 Å². The van der Waals surface area contributed by atoms with Crippen LogP contribution in [-0.4, -0.2) is 189 Å². The van der Waals surface area contributed by atoms with Crippen molar-refractivity contribution in [3.05, 3.63) is 43.7 Å². The topological polar surface area (TPSA) is 359 Å². The number of hydrogen-bond donors (Lipinski definition) is 14. The Hall–Kier alpha value is -0.760. The highest BCUT2D eigenvalue weighted by Crippen LogP contribution is 2.40. The van der Waals surface area contributed by atoms with Crippen molar-refractivity contribution in [1.29, 1.82) is 0 Å². The minimum absolute atomic E-state index is 0.0432. The fourth-order valence-corrected chi connectivity index (χ4v) is 15.6. The van der Waals surface area contributed by atoms with Gasteiger partial charge in [-0.05, 0) is 148 Å². The third kappa shape index (κ3) is 18.0. The fourth-order valence-electron chi connectivity index (χ4n) is 6.15. The highest BCUT2D eigenvalue weighted by Gasteiger charge is 2.34. The minimum Gasteiger partial charge on any atom is -0.394 e. The van der Waals surface area contributed by atoms with E-state index in [1.165, 1.54) is 23.6 Å². The second-order valence-corrected chi connectivity index (χ2v) is 21.6. The Morgan fingerprint density at radius 3 is 0.824 bits per heavy atom. The number of nitrogens with one attached hydrogen (secondary N) is 4. The monoisotopic (exact) mass is 1640 g/mol. The van der Waals surface area contributed by atoms with Crippen molar-refractivity contribution in [3.63, 3.8) is 0 Å². The Morgan fingerprint density at radius 1 is 0.412 bits per heavy atom.